The van der Waals surface area contributed by atoms with Crippen LogP contribution in [-0.4, -0.2) is 21.5 Å². The number of rotatable bonds is 3. The van der Waals surface area contributed by atoms with Crippen molar-refractivity contribution in [3.8, 4) is 5.88 Å². The Morgan fingerprint density at radius 3 is 3.07 bits per heavy atom. The van der Waals surface area contributed by atoms with Gasteiger partial charge in [-0.3, -0.25) is 10.1 Å². The van der Waals surface area contributed by atoms with E-state index in [0.29, 0.717) is 22.7 Å². The molecular formula is C8H7N3O3S. The smallest absolute Gasteiger partial charge is 0.306 e. The molecule has 2 aromatic heterocycles. The lowest BCUT2D eigenvalue weighted by atomic mass is 10.4. The maximum Gasteiger partial charge on any atom is 0.306 e. The summed E-state index contributed by atoms with van der Waals surface area (Å²) < 4.78 is 5.87. The fourth-order valence-corrected chi connectivity index (χ4v) is 2.09. The molecule has 2 aromatic rings. The Bertz CT molecular complexity index is 511. The first-order valence-electron chi connectivity index (χ1n) is 4.23. The maximum atomic E-state index is 10.7. The highest BCUT2D eigenvalue weighted by molar-refractivity contribution is 7.18. The van der Waals surface area contributed by atoms with E-state index in [1.165, 1.54) is 23.0 Å². The Morgan fingerprint density at radius 2 is 2.40 bits per heavy atom. The molecule has 15 heavy (non-hydrogen) atoms. The van der Waals surface area contributed by atoms with E-state index in [2.05, 4.69) is 9.97 Å². The van der Waals surface area contributed by atoms with E-state index in [0.717, 1.165) is 0 Å². The van der Waals surface area contributed by atoms with E-state index in [9.17, 15) is 10.1 Å². The normalized spacial score (nSPS) is 10.5. The zero-order chi connectivity index (χ0) is 10.8. The second-order valence-corrected chi connectivity index (χ2v) is 3.55. The minimum Gasteiger partial charge on any atom is -0.477 e. The van der Waals surface area contributed by atoms with Gasteiger partial charge in [0.2, 0.25) is 5.88 Å². The molecule has 0 atom stereocenters. The monoisotopic (exact) mass is 225 g/mol. The van der Waals surface area contributed by atoms with E-state index in [1.807, 2.05) is 6.92 Å². The van der Waals surface area contributed by atoms with Crippen LogP contribution >= 0.6 is 11.3 Å². The van der Waals surface area contributed by atoms with Gasteiger partial charge < -0.3 is 4.74 Å². The Kier molecular flexibility index (Phi) is 2.46. The molecule has 0 aromatic carbocycles. The van der Waals surface area contributed by atoms with Gasteiger partial charge in [-0.15, -0.1) is 11.3 Å². The van der Waals surface area contributed by atoms with Crippen LogP contribution in [0.25, 0.3) is 10.2 Å². The maximum absolute atomic E-state index is 10.7. The number of nitrogens with zero attached hydrogens (tertiary/aromatic N) is 3. The largest absolute Gasteiger partial charge is 0.477 e. The third kappa shape index (κ3) is 1.61. The van der Waals surface area contributed by atoms with Gasteiger partial charge in [0, 0.05) is 0 Å². The molecule has 0 aliphatic heterocycles. The van der Waals surface area contributed by atoms with Crippen LogP contribution in [0.15, 0.2) is 11.7 Å². The van der Waals surface area contributed by atoms with Crippen molar-refractivity contribution < 1.29 is 9.66 Å². The minimum atomic E-state index is -0.457. The van der Waals surface area contributed by atoms with Crippen molar-refractivity contribution in [3.05, 3.63) is 21.8 Å². The van der Waals surface area contributed by atoms with Gasteiger partial charge in [-0.25, -0.2) is 9.97 Å². The summed E-state index contributed by atoms with van der Waals surface area (Å²) in [5.41, 5.74) is 0.335. The van der Waals surface area contributed by atoms with E-state index >= 15 is 0 Å². The molecule has 0 spiro atoms. The van der Waals surface area contributed by atoms with E-state index in [1.54, 1.807) is 0 Å². The molecule has 0 bridgehead atoms. The third-order valence-corrected chi connectivity index (χ3v) is 2.72. The van der Waals surface area contributed by atoms with Gasteiger partial charge in [-0.05, 0) is 6.92 Å². The van der Waals surface area contributed by atoms with E-state index < -0.39 is 4.92 Å². The van der Waals surface area contributed by atoms with Gasteiger partial charge in [-0.2, -0.15) is 0 Å². The molecule has 0 saturated carbocycles. The van der Waals surface area contributed by atoms with Crippen molar-refractivity contribution in [2.45, 2.75) is 6.92 Å². The highest BCUT2D eigenvalue weighted by Crippen LogP contribution is 2.34. The van der Waals surface area contributed by atoms with Crippen LogP contribution in [0.5, 0.6) is 5.88 Å². The van der Waals surface area contributed by atoms with Crippen LogP contribution in [-0.2, 0) is 0 Å². The van der Waals surface area contributed by atoms with E-state index in [-0.39, 0.29) is 5.69 Å². The van der Waals surface area contributed by atoms with Crippen LogP contribution in [0.1, 0.15) is 6.92 Å². The van der Waals surface area contributed by atoms with Crippen molar-refractivity contribution in [3.63, 3.8) is 0 Å². The summed E-state index contributed by atoms with van der Waals surface area (Å²) in [6.45, 7) is 2.30. The summed E-state index contributed by atoms with van der Waals surface area (Å²) in [6, 6.07) is 0. The second-order valence-electron chi connectivity index (χ2n) is 2.67. The average Bonchev–Trinajstić information content (AvgIpc) is 2.62. The molecule has 78 valence electrons. The molecule has 0 N–H and O–H groups in total. The number of nitro groups is 1. The fraction of sp³-hybridized carbons (Fsp3) is 0.250. The second kappa shape index (κ2) is 3.77. The first kappa shape index (κ1) is 9.78. The van der Waals surface area contributed by atoms with Crippen molar-refractivity contribution in [1.29, 1.82) is 0 Å². The molecule has 0 radical (unpaired) electrons. The van der Waals surface area contributed by atoms with Gasteiger partial charge in [0.1, 0.15) is 11.0 Å². The van der Waals surface area contributed by atoms with Gasteiger partial charge in [0.05, 0.1) is 16.9 Å². The van der Waals surface area contributed by atoms with Crippen molar-refractivity contribution in [2.24, 2.45) is 0 Å². The molecule has 6 nitrogen and oxygen atoms in total. The van der Waals surface area contributed by atoms with Crippen LogP contribution in [0, 0.1) is 10.1 Å². The summed E-state index contributed by atoms with van der Waals surface area (Å²) in [4.78, 5) is 18.0. The summed E-state index contributed by atoms with van der Waals surface area (Å²) >= 11 is 1.22. The first-order valence-corrected chi connectivity index (χ1v) is 5.11. The van der Waals surface area contributed by atoms with Crippen molar-refractivity contribution >= 4 is 27.2 Å². The zero-order valence-corrected chi connectivity index (χ0v) is 8.65. The first-order chi connectivity index (χ1) is 7.24. The molecule has 0 fully saturated rings. The average molecular weight is 225 g/mol. The van der Waals surface area contributed by atoms with Crippen LogP contribution in [0.4, 0.5) is 5.69 Å². The van der Waals surface area contributed by atoms with Crippen LogP contribution < -0.4 is 4.74 Å². The predicted octanol–water partition coefficient (Wildman–Crippen LogP) is 2.00. The molecule has 2 heterocycles. The minimum absolute atomic E-state index is 0.00152. The van der Waals surface area contributed by atoms with Gasteiger partial charge in [-0.1, -0.05) is 0 Å². The number of hydrogen-bond donors (Lipinski definition) is 0. The topological polar surface area (TPSA) is 78.2 Å². The molecule has 0 saturated heterocycles. The van der Waals surface area contributed by atoms with Gasteiger partial charge in [0.15, 0.2) is 5.52 Å². The number of fused-ring (bicyclic) bond motifs is 1. The third-order valence-electron chi connectivity index (χ3n) is 1.78. The highest BCUT2D eigenvalue weighted by atomic mass is 32.1. The molecule has 0 unspecified atom stereocenters. The number of ether oxygens (including phenoxy) is 1. The van der Waals surface area contributed by atoms with Crippen LogP contribution in [0.3, 0.4) is 0 Å². The molecule has 0 aliphatic carbocycles. The lowest BCUT2D eigenvalue weighted by Crippen LogP contribution is -1.95. The SMILES string of the molecule is CCOc1ncnc2c([N+](=O)[O-])csc12. The lowest BCUT2D eigenvalue weighted by Gasteiger charge is -2.00. The van der Waals surface area contributed by atoms with E-state index in [4.69, 9.17) is 4.74 Å². The number of aromatic nitrogens is 2. The zero-order valence-electron chi connectivity index (χ0n) is 7.84. The number of hydrogen-bond acceptors (Lipinski definition) is 6. The Balaban J connectivity index is 2.63. The molecule has 2 rings (SSSR count). The van der Waals surface area contributed by atoms with Crippen molar-refractivity contribution in [2.75, 3.05) is 6.61 Å². The van der Waals surface area contributed by atoms with Gasteiger partial charge in [0.25, 0.3) is 0 Å². The summed E-state index contributed by atoms with van der Waals surface area (Å²) in [7, 11) is 0. The molecule has 7 heteroatoms. The Labute approximate surface area is 88.7 Å². The number of thiophene rings is 1. The Morgan fingerprint density at radius 1 is 1.60 bits per heavy atom. The summed E-state index contributed by atoms with van der Waals surface area (Å²) in [6.07, 6.45) is 1.27. The standard InChI is InChI=1S/C8H7N3O3S/c1-2-14-8-7-6(9-4-10-8)5(3-15-7)11(12)13/h3-4H,2H2,1H3. The fourth-order valence-electron chi connectivity index (χ4n) is 1.19. The van der Waals surface area contributed by atoms with Crippen LogP contribution in [0.2, 0.25) is 0 Å². The molecule has 0 aliphatic rings. The summed E-state index contributed by atoms with van der Waals surface area (Å²) in [5, 5.41) is 12.1. The van der Waals surface area contributed by atoms with Gasteiger partial charge >= 0.3 is 5.69 Å². The van der Waals surface area contributed by atoms with Crippen molar-refractivity contribution in [1.82, 2.24) is 9.97 Å². The highest BCUT2D eigenvalue weighted by Gasteiger charge is 2.18. The summed E-state index contributed by atoms with van der Waals surface area (Å²) in [5.74, 6) is 0.403. The quantitative estimate of drug-likeness (QED) is 0.589. The predicted molar refractivity (Wildman–Crippen MR) is 55.2 cm³/mol. The molecular weight excluding hydrogens is 218 g/mol. The molecule has 0 amide bonds. The lowest BCUT2D eigenvalue weighted by molar-refractivity contribution is -0.382. The Hall–Kier alpha value is -1.76.